The number of hydrogen-bond donors (Lipinski definition) is 2. The van der Waals surface area contributed by atoms with Gasteiger partial charge in [-0.15, -0.1) is 0 Å². The third kappa shape index (κ3) is 7.91. The summed E-state index contributed by atoms with van der Waals surface area (Å²) >= 11 is 0. The van der Waals surface area contributed by atoms with Crippen molar-refractivity contribution in [2.75, 3.05) is 19.8 Å². The average Bonchev–Trinajstić information content (AvgIpc) is 2.74. The molecule has 3 unspecified atom stereocenters. The molecule has 0 aliphatic heterocycles. The van der Waals surface area contributed by atoms with Crippen LogP contribution in [0.5, 0.6) is 0 Å². The van der Waals surface area contributed by atoms with Gasteiger partial charge in [-0.05, 0) is 26.7 Å². The fourth-order valence-electron chi connectivity index (χ4n) is 2.97. The molecular weight excluding hydrogens is 454 g/mol. The van der Waals surface area contributed by atoms with Crippen molar-refractivity contribution < 1.29 is 32.0 Å². The molecule has 3 N–H and O–H groups in total. The van der Waals surface area contributed by atoms with Gasteiger partial charge in [0.2, 0.25) is 0 Å². The molecule has 0 fully saturated rings. The lowest BCUT2D eigenvalue weighted by Crippen LogP contribution is -2.37. The van der Waals surface area contributed by atoms with E-state index in [-0.39, 0.29) is 31.8 Å². The molecule has 0 spiro atoms. The van der Waals surface area contributed by atoms with Crippen molar-refractivity contribution in [3.8, 4) is 0 Å². The average molecular weight is 490 g/mol. The van der Waals surface area contributed by atoms with E-state index in [2.05, 4.69) is 0 Å². The normalized spacial score (nSPS) is 15.6. The summed E-state index contributed by atoms with van der Waals surface area (Å²) in [6.07, 6.45) is 1.99. The SMILES string of the molecule is CCCCOP(=O)(OC(CCC)P(=O)(OCC)OCC)C(C(=N)N)C(=O)c1ccccc1. The summed E-state index contributed by atoms with van der Waals surface area (Å²) in [5.74, 6) is -2.57. The molecule has 0 saturated heterocycles. The standard InChI is InChI=1S/C21H36N2O7P2/c1-5-9-16-29-32(26,20(21(22)23)19(24)17-14-11-10-12-15-17)30-18(13-6-2)31(25,27-7-3)28-8-4/h10-12,14-15,18,20H,5-9,13,16H2,1-4H3,(H3,22,23). The van der Waals surface area contributed by atoms with Crippen molar-refractivity contribution in [1.29, 1.82) is 5.41 Å². The van der Waals surface area contributed by atoms with Crippen molar-refractivity contribution in [3.63, 3.8) is 0 Å². The zero-order valence-electron chi connectivity index (χ0n) is 19.3. The molecule has 0 aliphatic carbocycles. The lowest BCUT2D eigenvalue weighted by atomic mass is 10.1. The number of hydrogen-bond acceptors (Lipinski definition) is 8. The van der Waals surface area contributed by atoms with Crippen LogP contribution in [0.3, 0.4) is 0 Å². The molecule has 182 valence electrons. The highest BCUT2D eigenvalue weighted by Crippen LogP contribution is 2.64. The van der Waals surface area contributed by atoms with Crippen LogP contribution < -0.4 is 5.73 Å². The van der Waals surface area contributed by atoms with Gasteiger partial charge >= 0.3 is 15.2 Å². The van der Waals surface area contributed by atoms with Gasteiger partial charge in [0.15, 0.2) is 17.3 Å². The molecule has 32 heavy (non-hydrogen) atoms. The third-order valence-electron chi connectivity index (χ3n) is 4.46. The Hall–Kier alpha value is -1.34. The monoisotopic (exact) mass is 490 g/mol. The molecule has 3 atom stereocenters. The zero-order valence-corrected chi connectivity index (χ0v) is 21.1. The van der Waals surface area contributed by atoms with Crippen LogP contribution in [-0.2, 0) is 27.2 Å². The fourth-order valence-corrected chi connectivity index (χ4v) is 7.46. The number of amidine groups is 1. The summed E-state index contributed by atoms with van der Waals surface area (Å²) in [6.45, 7) is 7.25. The molecule has 9 nitrogen and oxygen atoms in total. The van der Waals surface area contributed by atoms with Gasteiger partial charge in [0.25, 0.3) is 0 Å². The molecule has 1 aromatic rings. The highest BCUT2D eigenvalue weighted by molar-refractivity contribution is 7.59. The molecule has 0 radical (unpaired) electrons. The van der Waals surface area contributed by atoms with Crippen LogP contribution in [0, 0.1) is 5.41 Å². The number of unbranched alkanes of at least 4 members (excludes halogenated alkanes) is 1. The fraction of sp³-hybridized carbons (Fsp3) is 0.619. The third-order valence-corrected chi connectivity index (χ3v) is 9.17. The molecule has 0 heterocycles. The Balaban J connectivity index is 3.47. The molecular formula is C21H36N2O7P2. The Morgan fingerprint density at radius 1 is 0.969 bits per heavy atom. The molecule has 0 aromatic heterocycles. The van der Waals surface area contributed by atoms with Gasteiger partial charge < -0.3 is 19.3 Å². The number of nitrogens with one attached hydrogen (secondary N) is 1. The lowest BCUT2D eigenvalue weighted by molar-refractivity contribution is 0.0968. The first kappa shape index (κ1) is 28.7. The Kier molecular flexibility index (Phi) is 12.6. The number of ketones is 1. The smallest absolute Gasteiger partial charge is 0.359 e. The highest BCUT2D eigenvalue weighted by Gasteiger charge is 2.49. The summed E-state index contributed by atoms with van der Waals surface area (Å²) in [5.41, 5.74) is 4.27. The molecule has 11 heteroatoms. The first-order valence-electron chi connectivity index (χ1n) is 10.9. The second-order valence-electron chi connectivity index (χ2n) is 7.04. The summed E-state index contributed by atoms with van der Waals surface area (Å²) in [5, 5.41) is 8.02. The Morgan fingerprint density at radius 2 is 1.56 bits per heavy atom. The first-order valence-corrected chi connectivity index (χ1v) is 14.2. The summed E-state index contributed by atoms with van der Waals surface area (Å²) in [7, 11) is -8.25. The minimum atomic E-state index is -4.40. The van der Waals surface area contributed by atoms with Gasteiger partial charge in [-0.25, -0.2) is 0 Å². The van der Waals surface area contributed by atoms with E-state index in [4.69, 9.17) is 29.2 Å². The largest absolute Gasteiger partial charge is 0.386 e. The number of benzene rings is 1. The van der Waals surface area contributed by atoms with Crippen LogP contribution in [0.1, 0.15) is 63.7 Å². The molecule has 0 aliphatic rings. The predicted octanol–water partition coefficient (Wildman–Crippen LogP) is 5.59. The molecule has 0 saturated carbocycles. The van der Waals surface area contributed by atoms with E-state index in [1.54, 1.807) is 32.0 Å². The zero-order chi connectivity index (χ0) is 24.2. The van der Waals surface area contributed by atoms with E-state index in [1.807, 2.05) is 13.8 Å². The predicted molar refractivity (Wildman–Crippen MR) is 126 cm³/mol. The maximum absolute atomic E-state index is 14.1. The Bertz CT molecular complexity index is 810. The quantitative estimate of drug-likeness (QED) is 0.0947. The summed E-state index contributed by atoms with van der Waals surface area (Å²) in [6, 6.07) is 8.08. The lowest BCUT2D eigenvalue weighted by Gasteiger charge is -2.32. The van der Waals surface area contributed by atoms with Crippen LogP contribution in [0.4, 0.5) is 0 Å². The molecule has 0 bridgehead atoms. The second kappa shape index (κ2) is 14.0. The number of rotatable bonds is 17. The maximum Gasteiger partial charge on any atom is 0.359 e. The van der Waals surface area contributed by atoms with Gasteiger partial charge in [-0.3, -0.25) is 23.9 Å². The summed E-state index contributed by atoms with van der Waals surface area (Å²) < 4.78 is 49.8. The van der Waals surface area contributed by atoms with E-state index in [0.717, 1.165) is 6.42 Å². The van der Waals surface area contributed by atoms with Crippen LogP contribution >= 0.6 is 15.2 Å². The van der Waals surface area contributed by atoms with Crippen molar-refractivity contribution >= 4 is 26.8 Å². The van der Waals surface area contributed by atoms with Crippen LogP contribution in [-0.4, -0.2) is 42.9 Å². The van der Waals surface area contributed by atoms with Gasteiger partial charge in [0, 0.05) is 5.56 Å². The molecule has 1 aromatic carbocycles. The van der Waals surface area contributed by atoms with Crippen molar-refractivity contribution in [2.24, 2.45) is 5.73 Å². The number of nitrogens with two attached hydrogens (primary N) is 1. The minimum Gasteiger partial charge on any atom is -0.386 e. The minimum absolute atomic E-state index is 0.0199. The number of Topliss-reactive ketones (excluding diaryl/α,β-unsaturated/α-hetero) is 1. The number of carbonyl (C=O) groups is 1. The van der Waals surface area contributed by atoms with Gasteiger partial charge in [-0.1, -0.05) is 57.0 Å². The van der Waals surface area contributed by atoms with Gasteiger partial charge in [0.1, 0.15) is 5.84 Å². The van der Waals surface area contributed by atoms with E-state index in [0.29, 0.717) is 12.8 Å². The van der Waals surface area contributed by atoms with E-state index in [1.165, 1.54) is 12.1 Å². The maximum atomic E-state index is 14.1. The summed E-state index contributed by atoms with van der Waals surface area (Å²) in [4.78, 5) is 13.2. The van der Waals surface area contributed by atoms with E-state index in [9.17, 15) is 13.9 Å². The van der Waals surface area contributed by atoms with E-state index < -0.39 is 38.3 Å². The van der Waals surface area contributed by atoms with Crippen molar-refractivity contribution in [1.82, 2.24) is 0 Å². The van der Waals surface area contributed by atoms with Crippen LogP contribution in [0.15, 0.2) is 30.3 Å². The van der Waals surface area contributed by atoms with Crippen LogP contribution in [0.2, 0.25) is 0 Å². The van der Waals surface area contributed by atoms with Crippen molar-refractivity contribution in [2.45, 2.75) is 64.9 Å². The van der Waals surface area contributed by atoms with Gasteiger partial charge in [0.05, 0.1) is 19.8 Å². The van der Waals surface area contributed by atoms with Crippen LogP contribution in [0.25, 0.3) is 0 Å². The molecule has 0 amide bonds. The first-order chi connectivity index (χ1) is 15.2. The highest BCUT2D eigenvalue weighted by atomic mass is 31.2. The van der Waals surface area contributed by atoms with E-state index >= 15 is 0 Å². The molecule has 1 rings (SSSR count). The second-order valence-corrected chi connectivity index (χ2v) is 11.3. The number of carbonyl (C=O) groups excluding carboxylic acids is 1. The van der Waals surface area contributed by atoms with Crippen molar-refractivity contribution in [3.05, 3.63) is 35.9 Å². The van der Waals surface area contributed by atoms with Gasteiger partial charge in [-0.2, -0.15) is 0 Å². The Morgan fingerprint density at radius 3 is 2.03 bits per heavy atom. The Labute approximate surface area is 190 Å². The topological polar surface area (TPSA) is 138 Å².